The molecule has 3 aromatic rings. The Morgan fingerprint density at radius 2 is 1.94 bits per heavy atom. The quantitative estimate of drug-likeness (QED) is 0.519. The molecule has 1 fully saturated rings. The van der Waals surface area contributed by atoms with Crippen molar-refractivity contribution in [1.82, 2.24) is 19.8 Å². The molecule has 1 amide bonds. The van der Waals surface area contributed by atoms with Crippen molar-refractivity contribution >= 4 is 15.9 Å². The maximum Gasteiger partial charge on any atom is 0.276 e. The molecule has 2 aromatic heterocycles. The van der Waals surface area contributed by atoms with Crippen LogP contribution in [0.15, 0.2) is 58.2 Å². The molecule has 33 heavy (non-hydrogen) atoms. The highest BCUT2D eigenvalue weighted by Gasteiger charge is 2.34. The Morgan fingerprint density at radius 1 is 1.21 bits per heavy atom. The molecule has 0 radical (unpaired) electrons. The minimum Gasteiger partial charge on any atom is -0.494 e. The van der Waals surface area contributed by atoms with Crippen LogP contribution >= 0.6 is 0 Å². The predicted molar refractivity (Wildman–Crippen MR) is 122 cm³/mol. The first-order valence-corrected chi connectivity index (χ1v) is 12.5. The number of carbonyl (C=O) groups is 1. The smallest absolute Gasteiger partial charge is 0.276 e. The number of nitrogens with zero attached hydrogens (tertiary/aromatic N) is 2. The molecule has 2 N–H and O–H groups in total. The molecule has 1 aliphatic rings. The van der Waals surface area contributed by atoms with Gasteiger partial charge in [-0.15, -0.1) is 0 Å². The van der Waals surface area contributed by atoms with Gasteiger partial charge < -0.3 is 14.5 Å². The van der Waals surface area contributed by atoms with Gasteiger partial charge in [-0.3, -0.25) is 9.89 Å². The number of H-pyrrole nitrogens is 1. The van der Waals surface area contributed by atoms with Crippen LogP contribution in [0, 0.1) is 5.92 Å². The number of rotatable bonds is 8. The second-order valence-electron chi connectivity index (χ2n) is 8.00. The van der Waals surface area contributed by atoms with Crippen LogP contribution in [-0.4, -0.2) is 48.5 Å². The fourth-order valence-corrected chi connectivity index (χ4v) is 5.30. The predicted octanol–water partition coefficient (Wildman–Crippen LogP) is 3.35. The van der Waals surface area contributed by atoms with Gasteiger partial charge in [-0.25, -0.2) is 8.42 Å². The third-order valence-electron chi connectivity index (χ3n) is 5.82. The molecule has 0 bridgehead atoms. The Labute approximate surface area is 193 Å². The second kappa shape index (κ2) is 9.80. The number of hydrogen-bond donors (Lipinski definition) is 2. The first kappa shape index (κ1) is 23.1. The van der Waals surface area contributed by atoms with Crippen molar-refractivity contribution in [1.29, 1.82) is 0 Å². The molecular formula is C23H28N4O5S. The third kappa shape index (κ3) is 5.12. The number of aromatic nitrogens is 2. The molecule has 1 aromatic carbocycles. The number of nitrogens with one attached hydrogen (secondary N) is 2. The van der Waals surface area contributed by atoms with E-state index in [1.54, 1.807) is 18.3 Å². The van der Waals surface area contributed by atoms with Crippen molar-refractivity contribution in [2.24, 2.45) is 5.92 Å². The van der Waals surface area contributed by atoms with Crippen LogP contribution in [0.2, 0.25) is 0 Å². The van der Waals surface area contributed by atoms with E-state index in [9.17, 15) is 13.2 Å². The van der Waals surface area contributed by atoms with Crippen LogP contribution in [0.3, 0.4) is 0 Å². The standard InChI is InChI=1S/C23H28N4O5S/c1-3-31-19-6-4-17(5-7-19)16(2)25-23(28)18-11-14-27(15-12-18)33(29,30)22-9-8-21(32-22)20-10-13-24-26-20/h4-10,13,16,18H,3,11-12,14-15H2,1-2H3,(H,24,26)(H,25,28)/t16-/m0/s1. The Morgan fingerprint density at radius 3 is 2.58 bits per heavy atom. The number of aromatic amines is 1. The maximum absolute atomic E-state index is 13.0. The van der Waals surface area contributed by atoms with Crippen molar-refractivity contribution in [3.8, 4) is 17.2 Å². The van der Waals surface area contributed by atoms with Gasteiger partial charge in [0.2, 0.25) is 11.0 Å². The fourth-order valence-electron chi connectivity index (χ4n) is 3.92. The van der Waals surface area contributed by atoms with Gasteiger partial charge in [0.1, 0.15) is 11.4 Å². The normalized spacial score (nSPS) is 16.4. The first-order chi connectivity index (χ1) is 15.9. The highest BCUT2D eigenvalue weighted by molar-refractivity contribution is 7.89. The minimum atomic E-state index is -3.77. The number of piperidine rings is 1. The number of hydrogen-bond acceptors (Lipinski definition) is 6. The highest BCUT2D eigenvalue weighted by atomic mass is 32.2. The zero-order chi connectivity index (χ0) is 23.4. The van der Waals surface area contributed by atoms with E-state index >= 15 is 0 Å². The van der Waals surface area contributed by atoms with Crippen molar-refractivity contribution in [3.05, 3.63) is 54.2 Å². The van der Waals surface area contributed by atoms with Gasteiger partial charge in [0.25, 0.3) is 10.0 Å². The Hall–Kier alpha value is -3.11. The lowest BCUT2D eigenvalue weighted by atomic mass is 9.96. The summed E-state index contributed by atoms with van der Waals surface area (Å²) in [5, 5.41) is 9.53. The van der Waals surface area contributed by atoms with Crippen molar-refractivity contribution < 1.29 is 22.4 Å². The Kier molecular flexibility index (Phi) is 6.85. The summed E-state index contributed by atoms with van der Waals surface area (Å²) >= 11 is 0. The van der Waals surface area contributed by atoms with Gasteiger partial charge >= 0.3 is 0 Å². The molecule has 0 unspecified atom stereocenters. The minimum absolute atomic E-state index is 0.0621. The van der Waals surface area contributed by atoms with Crippen molar-refractivity contribution in [3.63, 3.8) is 0 Å². The van der Waals surface area contributed by atoms with E-state index in [4.69, 9.17) is 9.15 Å². The number of carbonyl (C=O) groups excluding carboxylic acids is 1. The second-order valence-corrected chi connectivity index (χ2v) is 9.87. The molecule has 0 aliphatic carbocycles. The average Bonchev–Trinajstić information content (AvgIpc) is 3.52. The first-order valence-electron chi connectivity index (χ1n) is 11.0. The van der Waals surface area contributed by atoms with Crippen LogP contribution in [0.5, 0.6) is 5.75 Å². The molecule has 9 nitrogen and oxygen atoms in total. The summed E-state index contributed by atoms with van der Waals surface area (Å²) in [5.74, 6) is 0.900. The van der Waals surface area contributed by atoms with Crippen LogP contribution in [0.25, 0.3) is 11.5 Å². The Bertz CT molecular complexity index is 1160. The summed E-state index contributed by atoms with van der Waals surface area (Å²) in [6, 6.07) is 12.2. The maximum atomic E-state index is 13.0. The van der Waals surface area contributed by atoms with E-state index in [-0.39, 0.29) is 36.0 Å². The van der Waals surface area contributed by atoms with Crippen LogP contribution in [0.1, 0.15) is 38.3 Å². The third-order valence-corrected chi connectivity index (χ3v) is 7.59. The van der Waals surface area contributed by atoms with Crippen molar-refractivity contribution in [2.75, 3.05) is 19.7 Å². The number of benzene rings is 1. The summed E-state index contributed by atoms with van der Waals surface area (Å²) in [6.45, 7) is 4.99. The number of ether oxygens (including phenoxy) is 1. The van der Waals surface area contributed by atoms with Gasteiger partial charge in [0.15, 0.2) is 5.76 Å². The van der Waals surface area contributed by atoms with Gasteiger partial charge in [-0.1, -0.05) is 12.1 Å². The number of amides is 1. The Balaban J connectivity index is 1.32. The largest absolute Gasteiger partial charge is 0.494 e. The van der Waals surface area contributed by atoms with Crippen LogP contribution < -0.4 is 10.1 Å². The molecular weight excluding hydrogens is 444 g/mol. The van der Waals surface area contributed by atoms with E-state index in [0.717, 1.165) is 11.3 Å². The van der Waals surface area contributed by atoms with E-state index in [1.807, 2.05) is 38.1 Å². The SMILES string of the molecule is CCOc1ccc([C@H](C)NC(=O)C2CCN(S(=O)(=O)c3ccc(-c4ccn[nH]4)o3)CC2)cc1. The molecule has 176 valence electrons. The summed E-state index contributed by atoms with van der Waals surface area (Å²) in [7, 11) is -3.77. The molecule has 1 atom stereocenters. The molecule has 1 aliphatic heterocycles. The molecule has 4 rings (SSSR count). The fraction of sp³-hybridized carbons (Fsp3) is 0.391. The van der Waals surface area contributed by atoms with E-state index in [0.29, 0.717) is 30.9 Å². The van der Waals surface area contributed by atoms with Gasteiger partial charge in [-0.05, 0) is 62.6 Å². The number of sulfonamides is 1. The van der Waals surface area contributed by atoms with Gasteiger partial charge in [-0.2, -0.15) is 9.40 Å². The molecule has 10 heteroatoms. The van der Waals surface area contributed by atoms with Gasteiger partial charge in [0, 0.05) is 25.2 Å². The van der Waals surface area contributed by atoms with Crippen LogP contribution in [-0.2, 0) is 14.8 Å². The number of furan rings is 1. The van der Waals surface area contributed by atoms with E-state index in [2.05, 4.69) is 15.5 Å². The summed E-state index contributed by atoms with van der Waals surface area (Å²) < 4.78 is 38.3. The zero-order valence-corrected chi connectivity index (χ0v) is 19.5. The molecule has 1 saturated heterocycles. The average molecular weight is 473 g/mol. The lowest BCUT2D eigenvalue weighted by molar-refractivity contribution is -0.126. The molecule has 3 heterocycles. The van der Waals surface area contributed by atoms with Gasteiger partial charge in [0.05, 0.1) is 12.6 Å². The highest BCUT2D eigenvalue weighted by Crippen LogP contribution is 2.28. The topological polar surface area (TPSA) is 118 Å². The van der Waals surface area contributed by atoms with E-state index in [1.165, 1.54) is 10.4 Å². The summed E-state index contributed by atoms with van der Waals surface area (Å²) in [6.07, 6.45) is 2.48. The molecule has 0 spiro atoms. The molecule has 0 saturated carbocycles. The lowest BCUT2D eigenvalue weighted by Gasteiger charge is -2.30. The zero-order valence-electron chi connectivity index (χ0n) is 18.7. The van der Waals surface area contributed by atoms with Crippen molar-refractivity contribution in [2.45, 2.75) is 37.8 Å². The summed E-state index contributed by atoms with van der Waals surface area (Å²) in [4.78, 5) is 12.8. The lowest BCUT2D eigenvalue weighted by Crippen LogP contribution is -2.43. The van der Waals surface area contributed by atoms with Crippen LogP contribution in [0.4, 0.5) is 0 Å². The monoisotopic (exact) mass is 472 g/mol. The van der Waals surface area contributed by atoms with E-state index < -0.39 is 10.0 Å². The summed E-state index contributed by atoms with van der Waals surface area (Å²) in [5.41, 5.74) is 1.59.